The molecule has 1 N–H and O–H groups in total. The molecule has 1 fully saturated rings. The highest BCUT2D eigenvalue weighted by atomic mass is 16.2. The van der Waals surface area contributed by atoms with Gasteiger partial charge in [0.2, 0.25) is 0 Å². The molecule has 2 unspecified atom stereocenters. The Balaban J connectivity index is 2.12. The summed E-state index contributed by atoms with van der Waals surface area (Å²) in [6.45, 7) is 11.2. The highest BCUT2D eigenvalue weighted by Crippen LogP contribution is 2.23. The molecule has 0 aromatic heterocycles. The smallest absolute Gasteiger partial charge is 0.254 e. The Morgan fingerprint density at radius 2 is 2.10 bits per heavy atom. The number of hydrogen-bond acceptors (Lipinski definition) is 2. The normalized spacial score (nSPS) is 22.4. The van der Waals surface area contributed by atoms with Gasteiger partial charge in [-0.15, -0.1) is 0 Å². The van der Waals surface area contributed by atoms with Crippen LogP contribution in [-0.4, -0.2) is 36.5 Å². The Bertz CT molecular complexity index is 498. The summed E-state index contributed by atoms with van der Waals surface area (Å²) < 4.78 is 0. The van der Waals surface area contributed by atoms with Crippen LogP contribution >= 0.6 is 0 Å². The minimum absolute atomic E-state index is 0.199. The first-order chi connectivity index (χ1) is 10.1. The van der Waals surface area contributed by atoms with E-state index < -0.39 is 0 Å². The van der Waals surface area contributed by atoms with Gasteiger partial charge in [0.25, 0.3) is 5.91 Å². The van der Waals surface area contributed by atoms with E-state index in [-0.39, 0.29) is 5.91 Å². The molecule has 0 radical (unpaired) electrons. The molecule has 0 bridgehead atoms. The van der Waals surface area contributed by atoms with E-state index in [1.807, 2.05) is 24.0 Å². The summed E-state index contributed by atoms with van der Waals surface area (Å²) in [4.78, 5) is 14.8. The van der Waals surface area contributed by atoms with Crippen LogP contribution in [0.25, 0.3) is 0 Å². The lowest BCUT2D eigenvalue weighted by Gasteiger charge is -2.39. The molecule has 1 heterocycles. The Hall–Kier alpha value is -1.35. The number of amides is 1. The number of hydrogen-bond donors (Lipinski definition) is 1. The van der Waals surface area contributed by atoms with Crippen LogP contribution in [0.15, 0.2) is 18.2 Å². The van der Waals surface area contributed by atoms with Crippen LogP contribution in [-0.2, 0) is 0 Å². The number of rotatable bonds is 4. The number of nitrogens with one attached hydrogen (secondary N) is 1. The van der Waals surface area contributed by atoms with Gasteiger partial charge in [-0.05, 0) is 49.9 Å². The fourth-order valence-electron chi connectivity index (χ4n) is 3.31. The molecule has 3 nitrogen and oxygen atoms in total. The molecule has 0 saturated carbocycles. The number of likely N-dealkylation sites (tertiary alicyclic amines) is 1. The second kappa shape index (κ2) is 7.08. The zero-order valence-corrected chi connectivity index (χ0v) is 13.8. The van der Waals surface area contributed by atoms with Crippen molar-refractivity contribution in [1.82, 2.24) is 10.2 Å². The molecule has 0 spiro atoms. The van der Waals surface area contributed by atoms with Crippen LogP contribution in [0.5, 0.6) is 0 Å². The van der Waals surface area contributed by atoms with Gasteiger partial charge in [-0.25, -0.2) is 0 Å². The van der Waals surface area contributed by atoms with Crippen LogP contribution in [0, 0.1) is 19.8 Å². The molecule has 116 valence electrons. The van der Waals surface area contributed by atoms with Gasteiger partial charge in [0.1, 0.15) is 0 Å². The molecule has 3 heteroatoms. The van der Waals surface area contributed by atoms with Crippen LogP contribution in [0.1, 0.15) is 48.2 Å². The number of carbonyl (C=O) groups is 1. The first-order valence-electron chi connectivity index (χ1n) is 8.17. The van der Waals surface area contributed by atoms with Crippen molar-refractivity contribution in [3.63, 3.8) is 0 Å². The number of nitrogens with zero attached hydrogens (tertiary/aromatic N) is 1. The fourth-order valence-corrected chi connectivity index (χ4v) is 3.31. The SMILES string of the molecule is CCNC1CCN(C(=O)c2cccc(C)c2C)CC1CC. The second-order valence-corrected chi connectivity index (χ2v) is 6.12. The zero-order valence-electron chi connectivity index (χ0n) is 13.8. The quantitative estimate of drug-likeness (QED) is 0.923. The molecule has 1 aliphatic heterocycles. The Morgan fingerprint density at radius 3 is 2.76 bits per heavy atom. The largest absolute Gasteiger partial charge is 0.338 e. The third kappa shape index (κ3) is 3.46. The predicted molar refractivity (Wildman–Crippen MR) is 87.7 cm³/mol. The third-order valence-electron chi connectivity index (χ3n) is 4.85. The maximum atomic E-state index is 12.8. The van der Waals surface area contributed by atoms with Crippen LogP contribution < -0.4 is 5.32 Å². The van der Waals surface area contributed by atoms with Gasteiger partial charge in [-0.3, -0.25) is 4.79 Å². The van der Waals surface area contributed by atoms with E-state index in [1.54, 1.807) is 0 Å². The van der Waals surface area contributed by atoms with Crippen molar-refractivity contribution in [2.45, 2.75) is 46.6 Å². The zero-order chi connectivity index (χ0) is 15.4. The average Bonchev–Trinajstić information content (AvgIpc) is 2.50. The van der Waals surface area contributed by atoms with Crippen molar-refractivity contribution >= 4 is 5.91 Å². The number of piperidine rings is 1. The van der Waals surface area contributed by atoms with E-state index >= 15 is 0 Å². The van der Waals surface area contributed by atoms with Gasteiger partial charge in [0, 0.05) is 24.7 Å². The summed E-state index contributed by atoms with van der Waals surface area (Å²) >= 11 is 0. The van der Waals surface area contributed by atoms with Gasteiger partial charge >= 0.3 is 0 Å². The van der Waals surface area contributed by atoms with Gasteiger partial charge in [0.05, 0.1) is 0 Å². The molecule has 21 heavy (non-hydrogen) atoms. The van der Waals surface area contributed by atoms with Gasteiger partial charge in [0.15, 0.2) is 0 Å². The molecule has 1 amide bonds. The lowest BCUT2D eigenvalue weighted by Crippen LogP contribution is -2.51. The number of aryl methyl sites for hydroxylation is 1. The van der Waals surface area contributed by atoms with Crippen molar-refractivity contribution in [2.75, 3.05) is 19.6 Å². The molecular formula is C18H28N2O. The van der Waals surface area contributed by atoms with E-state index in [0.717, 1.165) is 43.6 Å². The third-order valence-corrected chi connectivity index (χ3v) is 4.85. The van der Waals surface area contributed by atoms with Crippen LogP contribution in [0.2, 0.25) is 0 Å². The van der Waals surface area contributed by atoms with Crippen molar-refractivity contribution in [1.29, 1.82) is 0 Å². The fraction of sp³-hybridized carbons (Fsp3) is 0.611. The maximum Gasteiger partial charge on any atom is 0.254 e. The summed E-state index contributed by atoms with van der Waals surface area (Å²) in [6, 6.07) is 6.57. The van der Waals surface area contributed by atoms with Crippen molar-refractivity contribution in [2.24, 2.45) is 5.92 Å². The van der Waals surface area contributed by atoms with E-state index in [4.69, 9.17) is 0 Å². The van der Waals surface area contributed by atoms with Gasteiger partial charge in [-0.2, -0.15) is 0 Å². The van der Waals surface area contributed by atoms with Crippen molar-refractivity contribution in [3.8, 4) is 0 Å². The van der Waals surface area contributed by atoms with E-state index in [0.29, 0.717) is 12.0 Å². The molecule has 2 rings (SSSR count). The van der Waals surface area contributed by atoms with Gasteiger partial charge < -0.3 is 10.2 Å². The summed E-state index contributed by atoms with van der Waals surface area (Å²) in [5.74, 6) is 0.761. The van der Waals surface area contributed by atoms with Crippen LogP contribution in [0.4, 0.5) is 0 Å². The summed E-state index contributed by atoms with van der Waals surface area (Å²) in [7, 11) is 0. The summed E-state index contributed by atoms with van der Waals surface area (Å²) in [5.41, 5.74) is 3.17. The summed E-state index contributed by atoms with van der Waals surface area (Å²) in [6.07, 6.45) is 2.18. The average molecular weight is 288 g/mol. The monoisotopic (exact) mass is 288 g/mol. The number of carbonyl (C=O) groups excluding carboxylic acids is 1. The summed E-state index contributed by atoms with van der Waals surface area (Å²) in [5, 5.41) is 3.57. The Kier molecular flexibility index (Phi) is 5.40. The minimum Gasteiger partial charge on any atom is -0.338 e. The topological polar surface area (TPSA) is 32.3 Å². The maximum absolute atomic E-state index is 12.8. The van der Waals surface area contributed by atoms with Gasteiger partial charge in [-0.1, -0.05) is 32.4 Å². The van der Waals surface area contributed by atoms with Crippen molar-refractivity contribution in [3.05, 3.63) is 34.9 Å². The lowest BCUT2D eigenvalue weighted by molar-refractivity contribution is 0.0627. The molecule has 0 aliphatic carbocycles. The van der Waals surface area contributed by atoms with Crippen molar-refractivity contribution < 1.29 is 4.79 Å². The highest BCUT2D eigenvalue weighted by molar-refractivity contribution is 5.96. The standard InChI is InChI=1S/C18H28N2O/c1-5-15-12-20(11-10-17(15)19-6-2)18(21)16-9-7-8-13(3)14(16)4/h7-9,15,17,19H,5-6,10-12H2,1-4H3. The number of benzene rings is 1. The van der Waals surface area contributed by atoms with E-state index in [9.17, 15) is 4.79 Å². The minimum atomic E-state index is 0.199. The van der Waals surface area contributed by atoms with E-state index in [1.165, 1.54) is 5.56 Å². The molecule has 1 aliphatic rings. The Labute approximate surface area is 128 Å². The second-order valence-electron chi connectivity index (χ2n) is 6.12. The predicted octanol–water partition coefficient (Wildman–Crippen LogP) is 3.15. The molecular weight excluding hydrogens is 260 g/mol. The first kappa shape index (κ1) is 16.0. The highest BCUT2D eigenvalue weighted by Gasteiger charge is 2.30. The first-order valence-corrected chi connectivity index (χ1v) is 8.17. The van der Waals surface area contributed by atoms with E-state index in [2.05, 4.69) is 32.2 Å². The Morgan fingerprint density at radius 1 is 1.33 bits per heavy atom. The lowest BCUT2D eigenvalue weighted by atomic mass is 9.89. The molecule has 1 aromatic rings. The molecule has 1 aromatic carbocycles. The molecule has 1 saturated heterocycles. The molecule has 2 atom stereocenters. The van der Waals surface area contributed by atoms with Crippen LogP contribution in [0.3, 0.4) is 0 Å².